The molecule has 1 atom stereocenters. The summed E-state index contributed by atoms with van der Waals surface area (Å²) in [6, 6.07) is 8.30. The summed E-state index contributed by atoms with van der Waals surface area (Å²) >= 11 is 0. The quantitative estimate of drug-likeness (QED) is 0.655. The van der Waals surface area contributed by atoms with Crippen LogP contribution in [0.25, 0.3) is 0 Å². The number of fused-ring (bicyclic) bond motifs is 1. The van der Waals surface area contributed by atoms with Gasteiger partial charge in [-0.2, -0.15) is 0 Å². The number of carbonyl (C=O) groups is 2. The maximum atomic E-state index is 11.7. The molecule has 0 spiro atoms. The number of benzene rings is 2. The molecule has 7 nitrogen and oxygen atoms in total. The van der Waals surface area contributed by atoms with E-state index in [1.54, 1.807) is 30.3 Å². The SMILES string of the molecule is CCCc1c(OCC2COc3cc(CC(=O)O)ccc3O2)ccc(C(C)=O)c1O. The first kappa shape index (κ1) is 20.5. The maximum Gasteiger partial charge on any atom is 0.307 e. The Morgan fingerprint density at radius 3 is 2.69 bits per heavy atom. The van der Waals surface area contributed by atoms with Gasteiger partial charge in [0.2, 0.25) is 0 Å². The van der Waals surface area contributed by atoms with Crippen molar-refractivity contribution in [2.75, 3.05) is 13.2 Å². The summed E-state index contributed by atoms with van der Waals surface area (Å²) in [6.45, 7) is 3.85. The Bertz CT molecular complexity index is 920. The van der Waals surface area contributed by atoms with Gasteiger partial charge in [-0.3, -0.25) is 9.59 Å². The second-order valence-electron chi connectivity index (χ2n) is 6.96. The van der Waals surface area contributed by atoms with Gasteiger partial charge in [-0.15, -0.1) is 0 Å². The number of aromatic hydroxyl groups is 1. The number of carboxylic acids is 1. The topological polar surface area (TPSA) is 102 Å². The number of hydrogen-bond donors (Lipinski definition) is 2. The minimum atomic E-state index is -0.908. The van der Waals surface area contributed by atoms with Crippen LogP contribution in [0.5, 0.6) is 23.0 Å². The van der Waals surface area contributed by atoms with Gasteiger partial charge in [0.1, 0.15) is 24.7 Å². The van der Waals surface area contributed by atoms with Crippen molar-refractivity contribution in [1.29, 1.82) is 0 Å². The van der Waals surface area contributed by atoms with Crippen LogP contribution >= 0.6 is 0 Å². The molecule has 1 aliphatic heterocycles. The van der Waals surface area contributed by atoms with E-state index in [1.807, 2.05) is 6.92 Å². The monoisotopic (exact) mass is 400 g/mol. The number of rotatable bonds is 8. The number of phenols is 1. The van der Waals surface area contributed by atoms with Gasteiger partial charge in [-0.05, 0) is 43.2 Å². The standard InChI is InChI=1S/C22H24O7/c1-3-4-17-18(8-6-16(13(2)23)22(17)26)27-11-15-12-28-20-9-14(10-21(24)25)5-7-19(20)29-15/h5-9,15,26H,3-4,10-12H2,1-2H3,(H,24,25). The molecule has 2 aromatic rings. The van der Waals surface area contributed by atoms with E-state index >= 15 is 0 Å². The highest BCUT2D eigenvalue weighted by atomic mass is 16.6. The van der Waals surface area contributed by atoms with Crippen LogP contribution in [0.15, 0.2) is 30.3 Å². The summed E-state index contributed by atoms with van der Waals surface area (Å²) < 4.78 is 17.5. The van der Waals surface area contributed by atoms with Crippen molar-refractivity contribution in [3.05, 3.63) is 47.0 Å². The largest absolute Gasteiger partial charge is 0.507 e. The number of Topliss-reactive ketones (excluding diaryl/α,β-unsaturated/α-hetero) is 1. The number of carboxylic acid groups (broad SMARTS) is 1. The minimum absolute atomic E-state index is 0.0334. The predicted molar refractivity (Wildman–Crippen MR) is 105 cm³/mol. The lowest BCUT2D eigenvalue weighted by molar-refractivity contribution is -0.136. The molecular formula is C22H24O7. The fraction of sp³-hybridized carbons (Fsp3) is 0.364. The van der Waals surface area contributed by atoms with E-state index in [9.17, 15) is 14.7 Å². The zero-order valence-electron chi connectivity index (χ0n) is 16.4. The molecule has 0 aliphatic carbocycles. The normalized spacial score (nSPS) is 15.0. The smallest absolute Gasteiger partial charge is 0.307 e. The van der Waals surface area contributed by atoms with Gasteiger partial charge in [0.05, 0.1) is 12.0 Å². The van der Waals surface area contributed by atoms with Crippen molar-refractivity contribution < 1.29 is 34.0 Å². The van der Waals surface area contributed by atoms with E-state index in [1.165, 1.54) is 6.92 Å². The van der Waals surface area contributed by atoms with Crippen molar-refractivity contribution in [2.45, 2.75) is 39.2 Å². The molecule has 0 radical (unpaired) electrons. The summed E-state index contributed by atoms with van der Waals surface area (Å²) in [5.41, 5.74) is 1.53. The van der Waals surface area contributed by atoms with E-state index in [2.05, 4.69) is 0 Å². The Kier molecular flexibility index (Phi) is 6.26. The summed E-state index contributed by atoms with van der Waals surface area (Å²) in [5.74, 6) is 0.413. The molecule has 1 aliphatic rings. The second kappa shape index (κ2) is 8.86. The summed E-state index contributed by atoms with van der Waals surface area (Å²) in [5, 5.41) is 19.3. The van der Waals surface area contributed by atoms with E-state index in [-0.39, 0.29) is 42.8 Å². The molecule has 3 rings (SSSR count). The highest BCUT2D eigenvalue weighted by molar-refractivity contribution is 5.97. The molecule has 2 aromatic carbocycles. The summed E-state index contributed by atoms with van der Waals surface area (Å²) in [6.07, 6.45) is 0.931. The Morgan fingerprint density at radius 1 is 1.21 bits per heavy atom. The van der Waals surface area contributed by atoms with Crippen molar-refractivity contribution >= 4 is 11.8 Å². The second-order valence-corrected chi connectivity index (χ2v) is 6.96. The van der Waals surface area contributed by atoms with Crippen molar-refractivity contribution in [1.82, 2.24) is 0 Å². The molecule has 0 aromatic heterocycles. The van der Waals surface area contributed by atoms with Gasteiger partial charge < -0.3 is 24.4 Å². The number of carbonyl (C=O) groups excluding carboxylic acids is 1. The molecule has 7 heteroatoms. The molecule has 2 N–H and O–H groups in total. The number of hydrogen-bond acceptors (Lipinski definition) is 6. The molecular weight excluding hydrogens is 376 g/mol. The maximum absolute atomic E-state index is 11.7. The molecule has 154 valence electrons. The average molecular weight is 400 g/mol. The van der Waals surface area contributed by atoms with E-state index in [0.717, 1.165) is 6.42 Å². The first-order chi connectivity index (χ1) is 13.9. The molecule has 0 bridgehead atoms. The van der Waals surface area contributed by atoms with Gasteiger partial charge >= 0.3 is 5.97 Å². The van der Waals surface area contributed by atoms with Crippen molar-refractivity contribution in [3.63, 3.8) is 0 Å². The van der Waals surface area contributed by atoms with Gasteiger partial charge in [0.25, 0.3) is 0 Å². The van der Waals surface area contributed by atoms with Gasteiger partial charge in [0, 0.05) is 5.56 Å². The van der Waals surface area contributed by atoms with Crippen molar-refractivity contribution in [3.8, 4) is 23.0 Å². The Hall–Kier alpha value is -3.22. The lowest BCUT2D eigenvalue weighted by atomic mass is 10.0. The molecule has 0 saturated heterocycles. The number of ketones is 1. The number of aliphatic carboxylic acids is 1. The van der Waals surface area contributed by atoms with E-state index in [4.69, 9.17) is 19.3 Å². The molecule has 0 fully saturated rings. The molecule has 1 heterocycles. The van der Waals surface area contributed by atoms with Crippen LogP contribution in [0, 0.1) is 0 Å². The van der Waals surface area contributed by atoms with Crippen molar-refractivity contribution in [2.24, 2.45) is 0 Å². The number of ether oxygens (including phenoxy) is 3. The highest BCUT2D eigenvalue weighted by Gasteiger charge is 2.23. The van der Waals surface area contributed by atoms with Gasteiger partial charge in [0.15, 0.2) is 23.4 Å². The molecule has 0 saturated carbocycles. The van der Waals surface area contributed by atoms with Gasteiger partial charge in [-0.25, -0.2) is 0 Å². The Labute approximate surface area is 168 Å². The fourth-order valence-corrected chi connectivity index (χ4v) is 3.24. The van der Waals surface area contributed by atoms with Crippen LogP contribution in [0.3, 0.4) is 0 Å². The first-order valence-corrected chi connectivity index (χ1v) is 9.51. The highest BCUT2D eigenvalue weighted by Crippen LogP contribution is 2.35. The van der Waals surface area contributed by atoms with Crippen LogP contribution in [0.1, 0.15) is 41.8 Å². The predicted octanol–water partition coefficient (Wildman–Crippen LogP) is 3.39. The minimum Gasteiger partial charge on any atom is -0.507 e. The number of phenolic OH excluding ortho intramolecular Hbond substituents is 1. The molecule has 29 heavy (non-hydrogen) atoms. The third-order valence-corrected chi connectivity index (χ3v) is 4.63. The first-order valence-electron chi connectivity index (χ1n) is 9.51. The third-order valence-electron chi connectivity index (χ3n) is 4.63. The third kappa shape index (κ3) is 4.80. The van der Waals surface area contributed by atoms with Crippen LogP contribution in [-0.4, -0.2) is 41.3 Å². The van der Waals surface area contributed by atoms with E-state index in [0.29, 0.717) is 34.8 Å². The average Bonchev–Trinajstić information content (AvgIpc) is 2.67. The lowest BCUT2D eigenvalue weighted by Crippen LogP contribution is -2.34. The summed E-state index contributed by atoms with van der Waals surface area (Å²) in [7, 11) is 0. The zero-order valence-corrected chi connectivity index (χ0v) is 16.4. The van der Waals surface area contributed by atoms with Gasteiger partial charge in [-0.1, -0.05) is 19.4 Å². The molecule has 1 unspecified atom stereocenters. The lowest BCUT2D eigenvalue weighted by Gasteiger charge is -2.27. The molecule has 0 amide bonds. The zero-order chi connectivity index (χ0) is 21.0. The van der Waals surface area contributed by atoms with Crippen LogP contribution < -0.4 is 14.2 Å². The van der Waals surface area contributed by atoms with Crippen LogP contribution in [0.4, 0.5) is 0 Å². The van der Waals surface area contributed by atoms with E-state index < -0.39 is 5.97 Å². The Balaban J connectivity index is 1.69. The van der Waals surface area contributed by atoms with Crippen LogP contribution in [-0.2, 0) is 17.6 Å². The fourth-order valence-electron chi connectivity index (χ4n) is 3.24. The summed E-state index contributed by atoms with van der Waals surface area (Å²) in [4.78, 5) is 22.5. The van der Waals surface area contributed by atoms with Crippen LogP contribution in [0.2, 0.25) is 0 Å². The Morgan fingerprint density at radius 2 is 2.00 bits per heavy atom.